The molecule has 2 amide bonds. The molecule has 35 heavy (non-hydrogen) atoms. The Bertz CT molecular complexity index is 1230. The number of para-hydroxylation sites is 2. The van der Waals surface area contributed by atoms with E-state index in [1.807, 2.05) is 24.3 Å². The molecule has 1 fully saturated rings. The fourth-order valence-corrected chi connectivity index (χ4v) is 6.34. The highest BCUT2D eigenvalue weighted by Gasteiger charge is 2.62. The Morgan fingerprint density at radius 3 is 1.74 bits per heavy atom. The van der Waals surface area contributed by atoms with Gasteiger partial charge in [-0.25, -0.2) is 4.90 Å². The molecule has 3 aliphatic carbocycles. The van der Waals surface area contributed by atoms with Crippen LogP contribution in [0.2, 0.25) is 0 Å². The average Bonchev–Trinajstić information content (AvgIpc) is 3.15. The van der Waals surface area contributed by atoms with Gasteiger partial charge in [0.1, 0.15) is 0 Å². The molecule has 0 unspecified atom stereocenters. The second kappa shape index (κ2) is 8.49. The third kappa shape index (κ3) is 3.25. The molecule has 3 aromatic carbocycles. The second-order valence-electron chi connectivity index (χ2n) is 9.68. The van der Waals surface area contributed by atoms with Gasteiger partial charge in [0, 0.05) is 18.3 Å². The lowest BCUT2D eigenvalue weighted by Gasteiger charge is -2.45. The lowest BCUT2D eigenvalue weighted by Crippen LogP contribution is -2.41. The van der Waals surface area contributed by atoms with Crippen molar-refractivity contribution in [3.63, 3.8) is 0 Å². The van der Waals surface area contributed by atoms with Crippen LogP contribution in [0.4, 0.5) is 5.69 Å². The van der Waals surface area contributed by atoms with E-state index in [0.29, 0.717) is 12.1 Å². The van der Waals surface area contributed by atoms with E-state index in [4.69, 9.17) is 4.74 Å². The summed E-state index contributed by atoms with van der Waals surface area (Å²) in [5, 5.41) is 0. The Labute approximate surface area is 204 Å². The van der Waals surface area contributed by atoms with Gasteiger partial charge in [-0.1, -0.05) is 80.4 Å². The first-order chi connectivity index (χ1) is 17.1. The fourth-order valence-electron chi connectivity index (χ4n) is 6.34. The minimum atomic E-state index is -0.467. The number of hydrogen-bond acceptors (Lipinski definition) is 4. The van der Waals surface area contributed by atoms with Gasteiger partial charge in [0.15, 0.2) is 5.75 Å². The molecule has 2 atom stereocenters. The lowest BCUT2D eigenvalue weighted by molar-refractivity contribution is -0.134. The van der Waals surface area contributed by atoms with Crippen LogP contribution in [0, 0.1) is 11.8 Å². The van der Waals surface area contributed by atoms with Crippen LogP contribution < -0.4 is 9.64 Å². The number of unbranched alkanes of at least 4 members (excludes halogenated alkanes) is 2. The van der Waals surface area contributed by atoms with E-state index < -0.39 is 11.8 Å². The van der Waals surface area contributed by atoms with Crippen molar-refractivity contribution in [2.45, 2.75) is 44.4 Å². The molecule has 7 rings (SSSR count). The zero-order chi connectivity index (χ0) is 24.1. The van der Waals surface area contributed by atoms with E-state index in [1.54, 1.807) is 24.3 Å². The molecule has 1 heterocycles. The standard InChI is InChI=1S/C30H27NO4/c1-2-3-4-17-24(32)35-23-16-10-9-15-22(23)31-29(33)27-25-18-11-5-6-12-19(18)26(28(27)30(31)34)21-14-8-7-13-20(21)25/h5-16,25-28H,2-4,17H2,1H3/t25?,26?,27-,28-/m0/s1. The molecule has 5 heteroatoms. The van der Waals surface area contributed by atoms with Crippen molar-refractivity contribution >= 4 is 23.5 Å². The Morgan fingerprint density at radius 2 is 1.23 bits per heavy atom. The maximum atomic E-state index is 14.0. The molecule has 176 valence electrons. The summed E-state index contributed by atoms with van der Waals surface area (Å²) in [5.41, 5.74) is 4.90. The number of carbonyl (C=O) groups is 3. The van der Waals surface area contributed by atoms with E-state index in [9.17, 15) is 14.4 Å². The summed E-state index contributed by atoms with van der Waals surface area (Å²) in [6.45, 7) is 2.08. The van der Waals surface area contributed by atoms with Crippen LogP contribution in [0.1, 0.15) is 66.7 Å². The zero-order valence-electron chi connectivity index (χ0n) is 19.6. The molecule has 0 spiro atoms. The fraction of sp³-hybridized carbons (Fsp3) is 0.300. The average molecular weight is 466 g/mol. The van der Waals surface area contributed by atoms with E-state index >= 15 is 0 Å². The number of benzene rings is 3. The normalized spacial score (nSPS) is 23.6. The van der Waals surface area contributed by atoms with Crippen molar-refractivity contribution in [3.05, 3.63) is 95.1 Å². The van der Waals surface area contributed by atoms with E-state index in [1.165, 1.54) is 4.90 Å². The van der Waals surface area contributed by atoms with Gasteiger partial charge in [0.25, 0.3) is 0 Å². The summed E-state index contributed by atoms with van der Waals surface area (Å²) >= 11 is 0. The number of anilines is 1. The molecule has 1 aliphatic heterocycles. The molecular weight excluding hydrogens is 438 g/mol. The van der Waals surface area contributed by atoms with Crippen molar-refractivity contribution in [1.82, 2.24) is 0 Å². The maximum Gasteiger partial charge on any atom is 0.311 e. The van der Waals surface area contributed by atoms with Crippen LogP contribution in [0.25, 0.3) is 0 Å². The van der Waals surface area contributed by atoms with Gasteiger partial charge in [-0.2, -0.15) is 0 Å². The summed E-state index contributed by atoms with van der Waals surface area (Å²) in [6, 6.07) is 23.3. The van der Waals surface area contributed by atoms with E-state index in [0.717, 1.165) is 41.5 Å². The van der Waals surface area contributed by atoms with Crippen molar-refractivity contribution < 1.29 is 19.1 Å². The van der Waals surface area contributed by atoms with E-state index in [-0.39, 0.29) is 35.4 Å². The number of hydrogen-bond donors (Lipinski definition) is 0. The summed E-state index contributed by atoms with van der Waals surface area (Å²) in [7, 11) is 0. The first kappa shape index (κ1) is 21.8. The molecule has 2 bridgehead atoms. The topological polar surface area (TPSA) is 63.7 Å². The Hall–Kier alpha value is -3.73. The molecule has 5 nitrogen and oxygen atoms in total. The van der Waals surface area contributed by atoms with Gasteiger partial charge >= 0.3 is 5.97 Å². The van der Waals surface area contributed by atoms with Crippen LogP contribution in [-0.2, 0) is 14.4 Å². The molecule has 1 saturated heterocycles. The molecular formula is C30H27NO4. The van der Waals surface area contributed by atoms with Crippen LogP contribution in [0.15, 0.2) is 72.8 Å². The number of carbonyl (C=O) groups excluding carboxylic acids is 3. The Balaban J connectivity index is 1.40. The predicted octanol–water partition coefficient (Wildman–Crippen LogP) is 5.57. The van der Waals surface area contributed by atoms with Crippen molar-refractivity contribution in [2.75, 3.05) is 4.90 Å². The molecule has 0 N–H and O–H groups in total. The number of nitrogens with zero attached hydrogens (tertiary/aromatic N) is 1. The zero-order valence-corrected chi connectivity index (χ0v) is 19.6. The third-order valence-corrected chi connectivity index (χ3v) is 7.76. The highest BCUT2D eigenvalue weighted by atomic mass is 16.5. The molecule has 0 radical (unpaired) electrons. The summed E-state index contributed by atoms with van der Waals surface area (Å²) in [4.78, 5) is 41.7. The van der Waals surface area contributed by atoms with Crippen molar-refractivity contribution in [2.24, 2.45) is 11.8 Å². The molecule has 3 aromatic rings. The lowest BCUT2D eigenvalue weighted by atomic mass is 9.55. The molecule has 0 aromatic heterocycles. The predicted molar refractivity (Wildman–Crippen MR) is 132 cm³/mol. The molecule has 4 aliphatic rings. The van der Waals surface area contributed by atoms with Gasteiger partial charge in [0.2, 0.25) is 11.8 Å². The third-order valence-electron chi connectivity index (χ3n) is 7.76. The minimum absolute atomic E-state index is 0.164. The second-order valence-corrected chi connectivity index (χ2v) is 9.68. The summed E-state index contributed by atoms with van der Waals surface area (Å²) < 4.78 is 5.66. The highest BCUT2D eigenvalue weighted by Crippen LogP contribution is 2.61. The van der Waals surface area contributed by atoms with Gasteiger partial charge in [-0.05, 0) is 40.8 Å². The quantitative estimate of drug-likeness (QED) is 0.207. The minimum Gasteiger partial charge on any atom is -0.424 e. The van der Waals surface area contributed by atoms with E-state index in [2.05, 4.69) is 31.2 Å². The number of rotatable bonds is 6. The monoisotopic (exact) mass is 465 g/mol. The van der Waals surface area contributed by atoms with Crippen LogP contribution in [0.3, 0.4) is 0 Å². The molecule has 0 saturated carbocycles. The van der Waals surface area contributed by atoms with Gasteiger partial charge in [-0.15, -0.1) is 0 Å². The summed E-state index contributed by atoms with van der Waals surface area (Å²) in [6.07, 6.45) is 3.02. The Kier molecular flexibility index (Phi) is 5.28. The Morgan fingerprint density at radius 1 is 0.743 bits per heavy atom. The number of esters is 1. The first-order valence-corrected chi connectivity index (χ1v) is 12.5. The van der Waals surface area contributed by atoms with Gasteiger partial charge in [0.05, 0.1) is 17.5 Å². The van der Waals surface area contributed by atoms with Gasteiger partial charge in [-0.3, -0.25) is 14.4 Å². The number of amides is 2. The van der Waals surface area contributed by atoms with Crippen LogP contribution in [0.5, 0.6) is 5.75 Å². The largest absolute Gasteiger partial charge is 0.424 e. The van der Waals surface area contributed by atoms with Crippen molar-refractivity contribution in [3.8, 4) is 5.75 Å². The van der Waals surface area contributed by atoms with Crippen LogP contribution >= 0.6 is 0 Å². The van der Waals surface area contributed by atoms with Crippen molar-refractivity contribution in [1.29, 1.82) is 0 Å². The smallest absolute Gasteiger partial charge is 0.311 e. The summed E-state index contributed by atoms with van der Waals surface area (Å²) in [5.74, 6) is -1.78. The maximum absolute atomic E-state index is 14.0. The highest BCUT2D eigenvalue weighted by molar-refractivity contribution is 6.24. The first-order valence-electron chi connectivity index (χ1n) is 12.5. The number of ether oxygens (including phenoxy) is 1. The number of imide groups is 1. The van der Waals surface area contributed by atoms with Crippen LogP contribution in [-0.4, -0.2) is 17.8 Å². The van der Waals surface area contributed by atoms with Gasteiger partial charge < -0.3 is 4.74 Å². The SMILES string of the molecule is CCCCCC(=O)Oc1ccccc1N1C(=O)[C@H]2C3c4ccccc4C(c4ccccc43)[C@@H]2C1=O.